The third-order valence-electron chi connectivity index (χ3n) is 3.76. The van der Waals surface area contributed by atoms with Crippen LogP contribution in [0.4, 0.5) is 0 Å². The fraction of sp³-hybridized carbons (Fsp3) is 0.211. The van der Waals surface area contributed by atoms with Crippen LogP contribution in [-0.2, 0) is 13.2 Å². The second kappa shape index (κ2) is 7.36. The number of carbonyl (C=O) groups is 1. The Morgan fingerprint density at radius 1 is 1.21 bits per heavy atom. The highest BCUT2D eigenvalue weighted by Crippen LogP contribution is 2.20. The van der Waals surface area contributed by atoms with E-state index in [4.69, 9.17) is 9.15 Å². The lowest BCUT2D eigenvalue weighted by Crippen LogP contribution is -2.21. The van der Waals surface area contributed by atoms with E-state index >= 15 is 0 Å². The second-order valence-electron chi connectivity index (χ2n) is 5.62. The molecule has 0 radical (unpaired) electrons. The van der Waals surface area contributed by atoms with E-state index in [-0.39, 0.29) is 5.91 Å². The predicted octanol–water partition coefficient (Wildman–Crippen LogP) is 4.47. The molecule has 1 aromatic carbocycles. The molecule has 1 N–H and O–H groups in total. The van der Waals surface area contributed by atoms with E-state index in [9.17, 15) is 4.79 Å². The summed E-state index contributed by atoms with van der Waals surface area (Å²) in [7, 11) is 0. The van der Waals surface area contributed by atoms with Gasteiger partial charge in [-0.25, -0.2) is 0 Å². The molecule has 2 heterocycles. The van der Waals surface area contributed by atoms with E-state index < -0.39 is 0 Å². The van der Waals surface area contributed by atoms with Gasteiger partial charge in [-0.3, -0.25) is 4.79 Å². The standard InChI is InChI=1S/C19H19NO3S/c1-13-5-6-16(8-14(13)2)23-11-15-9-18(24-12-15)19(21)20-10-17-4-3-7-22-17/h3-9,12H,10-11H2,1-2H3,(H,20,21). The first kappa shape index (κ1) is 16.3. The number of aryl methyl sites for hydroxylation is 2. The van der Waals surface area contributed by atoms with E-state index in [0.717, 1.165) is 17.1 Å². The lowest BCUT2D eigenvalue weighted by atomic mass is 10.1. The van der Waals surface area contributed by atoms with Crippen molar-refractivity contribution in [1.29, 1.82) is 0 Å². The Kier molecular flexibility index (Phi) is 5.01. The predicted molar refractivity (Wildman–Crippen MR) is 94.4 cm³/mol. The minimum absolute atomic E-state index is 0.103. The maximum Gasteiger partial charge on any atom is 0.261 e. The van der Waals surface area contributed by atoms with Crippen molar-refractivity contribution in [3.8, 4) is 5.75 Å². The molecule has 0 spiro atoms. The molecule has 124 valence electrons. The van der Waals surface area contributed by atoms with Gasteiger partial charge in [-0.15, -0.1) is 11.3 Å². The molecule has 3 aromatic rings. The van der Waals surface area contributed by atoms with Crippen molar-refractivity contribution < 1.29 is 13.9 Å². The summed E-state index contributed by atoms with van der Waals surface area (Å²) in [6.07, 6.45) is 1.59. The van der Waals surface area contributed by atoms with Gasteiger partial charge >= 0.3 is 0 Å². The monoisotopic (exact) mass is 341 g/mol. The number of hydrogen-bond donors (Lipinski definition) is 1. The van der Waals surface area contributed by atoms with Crippen molar-refractivity contribution in [3.63, 3.8) is 0 Å². The SMILES string of the molecule is Cc1ccc(OCc2csc(C(=O)NCc3ccco3)c2)cc1C. The summed E-state index contributed by atoms with van der Waals surface area (Å²) in [6, 6.07) is 11.5. The molecular weight excluding hydrogens is 322 g/mol. The number of ether oxygens (including phenoxy) is 1. The number of carbonyl (C=O) groups excluding carboxylic acids is 1. The molecule has 0 unspecified atom stereocenters. The minimum atomic E-state index is -0.103. The zero-order valence-corrected chi connectivity index (χ0v) is 14.5. The van der Waals surface area contributed by atoms with Gasteiger partial charge in [0.1, 0.15) is 18.1 Å². The summed E-state index contributed by atoms with van der Waals surface area (Å²) in [6.45, 7) is 4.97. The molecule has 24 heavy (non-hydrogen) atoms. The lowest BCUT2D eigenvalue weighted by Gasteiger charge is -2.07. The van der Waals surface area contributed by atoms with Crippen molar-refractivity contribution in [2.75, 3.05) is 0 Å². The molecular formula is C19H19NO3S. The minimum Gasteiger partial charge on any atom is -0.489 e. The van der Waals surface area contributed by atoms with Gasteiger partial charge in [-0.05, 0) is 60.7 Å². The van der Waals surface area contributed by atoms with Crippen molar-refractivity contribution in [2.45, 2.75) is 27.0 Å². The summed E-state index contributed by atoms with van der Waals surface area (Å²) in [5.74, 6) is 1.47. The largest absolute Gasteiger partial charge is 0.489 e. The average Bonchev–Trinajstić information content (AvgIpc) is 3.25. The van der Waals surface area contributed by atoms with Crippen LogP contribution in [0, 0.1) is 13.8 Å². The fourth-order valence-electron chi connectivity index (χ4n) is 2.21. The molecule has 2 aromatic heterocycles. The molecule has 4 nitrogen and oxygen atoms in total. The first-order valence-electron chi connectivity index (χ1n) is 7.70. The van der Waals surface area contributed by atoms with E-state index in [0.29, 0.717) is 18.0 Å². The molecule has 1 amide bonds. The number of furan rings is 1. The number of benzene rings is 1. The van der Waals surface area contributed by atoms with E-state index in [1.54, 1.807) is 12.3 Å². The molecule has 0 saturated carbocycles. The van der Waals surface area contributed by atoms with Crippen molar-refractivity contribution in [3.05, 3.63) is 75.4 Å². The molecule has 0 atom stereocenters. The van der Waals surface area contributed by atoms with Crippen LogP contribution in [0.5, 0.6) is 5.75 Å². The Balaban J connectivity index is 1.54. The molecule has 0 fully saturated rings. The number of nitrogens with one attached hydrogen (secondary N) is 1. The maximum absolute atomic E-state index is 12.1. The highest BCUT2D eigenvalue weighted by molar-refractivity contribution is 7.12. The van der Waals surface area contributed by atoms with Gasteiger partial charge in [0.05, 0.1) is 17.7 Å². The first-order valence-corrected chi connectivity index (χ1v) is 8.58. The number of amides is 1. The summed E-state index contributed by atoms with van der Waals surface area (Å²) < 4.78 is 11.0. The molecule has 5 heteroatoms. The maximum atomic E-state index is 12.1. The average molecular weight is 341 g/mol. The number of rotatable bonds is 6. The van der Waals surface area contributed by atoms with Gasteiger partial charge in [0.15, 0.2) is 0 Å². The summed E-state index contributed by atoms with van der Waals surface area (Å²) in [5, 5.41) is 4.79. The molecule has 3 rings (SSSR count). The van der Waals surface area contributed by atoms with Crippen LogP contribution in [0.2, 0.25) is 0 Å². The van der Waals surface area contributed by atoms with Crippen molar-refractivity contribution >= 4 is 17.2 Å². The van der Waals surface area contributed by atoms with Crippen LogP contribution in [0.1, 0.15) is 32.1 Å². The molecule has 0 bridgehead atoms. The van der Waals surface area contributed by atoms with Gasteiger partial charge in [0.25, 0.3) is 5.91 Å². The Hall–Kier alpha value is -2.53. The van der Waals surface area contributed by atoms with Crippen LogP contribution in [0.3, 0.4) is 0 Å². The Bertz CT molecular complexity index is 821. The fourth-order valence-corrected chi connectivity index (χ4v) is 3.02. The van der Waals surface area contributed by atoms with Crippen molar-refractivity contribution in [2.24, 2.45) is 0 Å². The quantitative estimate of drug-likeness (QED) is 0.720. The zero-order valence-electron chi connectivity index (χ0n) is 13.7. The zero-order chi connectivity index (χ0) is 16.9. The summed E-state index contributed by atoms with van der Waals surface area (Å²) >= 11 is 1.41. The summed E-state index contributed by atoms with van der Waals surface area (Å²) in [4.78, 5) is 12.8. The van der Waals surface area contributed by atoms with Crippen LogP contribution in [0.15, 0.2) is 52.5 Å². The lowest BCUT2D eigenvalue weighted by molar-refractivity contribution is 0.0952. The van der Waals surface area contributed by atoms with Crippen LogP contribution in [-0.4, -0.2) is 5.91 Å². The second-order valence-corrected chi connectivity index (χ2v) is 6.53. The van der Waals surface area contributed by atoms with Gasteiger partial charge in [0.2, 0.25) is 0 Å². The van der Waals surface area contributed by atoms with E-state index in [2.05, 4.69) is 19.2 Å². The van der Waals surface area contributed by atoms with Gasteiger partial charge in [0, 0.05) is 5.56 Å². The third-order valence-corrected chi connectivity index (χ3v) is 4.74. The normalized spacial score (nSPS) is 10.6. The molecule has 0 saturated heterocycles. The smallest absolute Gasteiger partial charge is 0.261 e. The third kappa shape index (κ3) is 4.06. The highest BCUT2D eigenvalue weighted by Gasteiger charge is 2.10. The Morgan fingerprint density at radius 3 is 2.83 bits per heavy atom. The Labute approximate surface area is 145 Å². The van der Waals surface area contributed by atoms with Gasteiger partial charge in [-0.2, -0.15) is 0 Å². The molecule has 0 aliphatic heterocycles. The van der Waals surface area contributed by atoms with Crippen LogP contribution < -0.4 is 10.1 Å². The van der Waals surface area contributed by atoms with Crippen molar-refractivity contribution in [1.82, 2.24) is 5.32 Å². The summed E-state index contributed by atoms with van der Waals surface area (Å²) in [5.41, 5.74) is 3.44. The van der Waals surface area contributed by atoms with E-state index in [1.165, 1.54) is 22.5 Å². The van der Waals surface area contributed by atoms with Gasteiger partial charge in [-0.1, -0.05) is 6.07 Å². The van der Waals surface area contributed by atoms with Crippen LogP contribution in [0.25, 0.3) is 0 Å². The molecule has 0 aliphatic carbocycles. The number of hydrogen-bond acceptors (Lipinski definition) is 4. The van der Waals surface area contributed by atoms with Gasteiger partial charge < -0.3 is 14.5 Å². The van der Waals surface area contributed by atoms with Crippen LogP contribution >= 0.6 is 11.3 Å². The van der Waals surface area contributed by atoms with E-state index in [1.807, 2.05) is 35.7 Å². The topological polar surface area (TPSA) is 51.5 Å². The number of thiophene rings is 1. The first-order chi connectivity index (χ1) is 11.6. The Morgan fingerprint density at radius 2 is 2.08 bits per heavy atom. The molecule has 0 aliphatic rings. The highest BCUT2D eigenvalue weighted by atomic mass is 32.1.